The van der Waals surface area contributed by atoms with E-state index in [0.29, 0.717) is 5.82 Å². The molecule has 0 saturated heterocycles. The molecular formula is C38H23N3. The summed E-state index contributed by atoms with van der Waals surface area (Å²) in [5, 5.41) is 10.2. The number of nitrogens with zero attached hydrogens (tertiary/aromatic N) is 3. The molecule has 2 heterocycles. The number of hydrogen-bond donors (Lipinski definition) is 0. The number of fused-ring (bicyclic) bond motifs is 4. The van der Waals surface area contributed by atoms with Crippen molar-refractivity contribution < 1.29 is 0 Å². The second-order valence-electron chi connectivity index (χ2n) is 10.6. The lowest BCUT2D eigenvalue weighted by Crippen LogP contribution is -2.02. The fraction of sp³-hybridized carbons (Fsp3) is 0. The van der Waals surface area contributed by atoms with Crippen molar-refractivity contribution in [2.75, 3.05) is 0 Å². The molecule has 0 amide bonds. The zero-order valence-corrected chi connectivity index (χ0v) is 22.1. The number of rotatable bonds is 3. The molecule has 0 aliphatic rings. The van der Waals surface area contributed by atoms with Gasteiger partial charge in [-0.25, -0.2) is 9.97 Å². The second-order valence-corrected chi connectivity index (χ2v) is 10.6. The van der Waals surface area contributed by atoms with Crippen LogP contribution in [-0.4, -0.2) is 14.5 Å². The van der Waals surface area contributed by atoms with Gasteiger partial charge in [0.1, 0.15) is 5.82 Å². The van der Waals surface area contributed by atoms with Crippen molar-refractivity contribution in [2.45, 2.75) is 0 Å². The molecule has 0 aliphatic heterocycles. The maximum atomic E-state index is 5.20. The fourth-order valence-electron chi connectivity index (χ4n) is 6.51. The Bertz CT molecular complexity index is 2240. The molecular weight excluding hydrogens is 498 g/mol. The quantitative estimate of drug-likeness (QED) is 0.171. The Balaban J connectivity index is 1.43. The molecule has 0 fully saturated rings. The molecule has 0 unspecified atom stereocenters. The molecule has 3 nitrogen and oxygen atoms in total. The van der Waals surface area contributed by atoms with Crippen molar-refractivity contribution in [3.8, 4) is 28.5 Å². The highest BCUT2D eigenvalue weighted by molar-refractivity contribution is 6.35. The van der Waals surface area contributed by atoms with Crippen LogP contribution in [0.3, 0.4) is 0 Å². The van der Waals surface area contributed by atoms with E-state index in [9.17, 15) is 0 Å². The first-order valence-electron chi connectivity index (χ1n) is 13.9. The third-order valence-corrected chi connectivity index (χ3v) is 8.33. The molecule has 2 aromatic heterocycles. The third-order valence-electron chi connectivity index (χ3n) is 8.33. The number of hydrogen-bond acceptors (Lipinski definition) is 2. The largest absolute Gasteiger partial charge is 0.294 e. The van der Waals surface area contributed by atoms with Gasteiger partial charge >= 0.3 is 0 Å². The van der Waals surface area contributed by atoms with E-state index in [4.69, 9.17) is 9.97 Å². The lowest BCUT2D eigenvalue weighted by atomic mass is 9.92. The lowest BCUT2D eigenvalue weighted by Gasteiger charge is -2.12. The summed E-state index contributed by atoms with van der Waals surface area (Å²) in [5.41, 5.74) is 5.28. The van der Waals surface area contributed by atoms with Crippen LogP contribution < -0.4 is 0 Å². The van der Waals surface area contributed by atoms with Crippen molar-refractivity contribution >= 4 is 54.1 Å². The van der Waals surface area contributed by atoms with Crippen molar-refractivity contribution in [2.24, 2.45) is 0 Å². The Morgan fingerprint density at radius 1 is 0.415 bits per heavy atom. The summed E-state index contributed by atoms with van der Waals surface area (Å²) in [6.07, 6.45) is 0. The second kappa shape index (κ2) is 8.48. The van der Waals surface area contributed by atoms with E-state index in [1.54, 1.807) is 0 Å². The predicted molar refractivity (Wildman–Crippen MR) is 171 cm³/mol. The molecule has 0 bridgehead atoms. The predicted octanol–water partition coefficient (Wildman–Crippen LogP) is 9.81. The SMILES string of the molecule is c1ccc(-c2cc(-n3c4cccc5c6cc7ccccc7cc6c6cccc3c6c54)nc(-c3ccccc3)n2)cc1. The molecule has 0 radical (unpaired) electrons. The Morgan fingerprint density at radius 3 is 1.54 bits per heavy atom. The van der Waals surface area contributed by atoms with Gasteiger partial charge in [-0.1, -0.05) is 109 Å². The van der Waals surface area contributed by atoms with Gasteiger partial charge in [-0.3, -0.25) is 4.57 Å². The van der Waals surface area contributed by atoms with E-state index in [0.717, 1.165) is 33.7 Å². The molecule has 190 valence electrons. The first kappa shape index (κ1) is 22.3. The van der Waals surface area contributed by atoms with Crippen LogP contribution in [0.5, 0.6) is 0 Å². The Kier molecular flexibility index (Phi) is 4.61. The van der Waals surface area contributed by atoms with Gasteiger partial charge in [0.2, 0.25) is 0 Å². The van der Waals surface area contributed by atoms with Crippen molar-refractivity contribution in [3.63, 3.8) is 0 Å². The van der Waals surface area contributed by atoms with Crippen LogP contribution in [-0.2, 0) is 0 Å². The smallest absolute Gasteiger partial charge is 0.162 e. The van der Waals surface area contributed by atoms with Gasteiger partial charge in [-0.2, -0.15) is 0 Å². The molecule has 41 heavy (non-hydrogen) atoms. The van der Waals surface area contributed by atoms with Gasteiger partial charge in [-0.05, 0) is 56.6 Å². The fourth-order valence-corrected chi connectivity index (χ4v) is 6.51. The molecule has 0 spiro atoms. The van der Waals surface area contributed by atoms with Crippen molar-refractivity contribution in [1.82, 2.24) is 14.5 Å². The van der Waals surface area contributed by atoms with Gasteiger partial charge in [0.05, 0.1) is 16.7 Å². The summed E-state index contributed by atoms with van der Waals surface area (Å²) in [6, 6.07) is 49.4. The van der Waals surface area contributed by atoms with E-state index in [2.05, 4.69) is 120 Å². The summed E-state index contributed by atoms with van der Waals surface area (Å²) >= 11 is 0. The van der Waals surface area contributed by atoms with Gasteiger partial charge < -0.3 is 0 Å². The Morgan fingerprint density at radius 2 is 0.951 bits per heavy atom. The zero-order valence-electron chi connectivity index (χ0n) is 22.1. The van der Waals surface area contributed by atoms with Crippen LogP contribution in [0, 0.1) is 0 Å². The first-order chi connectivity index (χ1) is 20.3. The maximum absolute atomic E-state index is 5.20. The summed E-state index contributed by atoms with van der Waals surface area (Å²) in [4.78, 5) is 10.2. The molecule has 0 saturated carbocycles. The van der Waals surface area contributed by atoms with Crippen LogP contribution in [0.15, 0.2) is 140 Å². The minimum Gasteiger partial charge on any atom is -0.294 e. The highest BCUT2D eigenvalue weighted by atomic mass is 15.1. The zero-order chi connectivity index (χ0) is 26.9. The van der Waals surface area contributed by atoms with E-state index in [1.807, 2.05) is 24.3 Å². The summed E-state index contributed by atoms with van der Waals surface area (Å²) in [5.74, 6) is 1.58. The number of aromatic nitrogens is 3. The Labute approximate surface area is 236 Å². The van der Waals surface area contributed by atoms with Crippen molar-refractivity contribution in [1.29, 1.82) is 0 Å². The molecule has 7 aromatic carbocycles. The van der Waals surface area contributed by atoms with Crippen LogP contribution in [0.4, 0.5) is 0 Å². The van der Waals surface area contributed by atoms with Crippen LogP contribution in [0.25, 0.3) is 82.6 Å². The molecule has 9 aromatic rings. The van der Waals surface area contributed by atoms with Crippen molar-refractivity contribution in [3.05, 3.63) is 140 Å². The van der Waals surface area contributed by atoms with E-state index in [1.165, 1.54) is 43.1 Å². The third kappa shape index (κ3) is 3.26. The topological polar surface area (TPSA) is 30.7 Å². The van der Waals surface area contributed by atoms with Crippen LogP contribution >= 0.6 is 0 Å². The monoisotopic (exact) mass is 521 g/mol. The Hall–Kier alpha value is -5.54. The summed E-state index contributed by atoms with van der Waals surface area (Å²) < 4.78 is 2.32. The molecule has 0 N–H and O–H groups in total. The standard InChI is InChI=1S/C38H23N3/c1-3-11-24(12-4-1)32-23-35(40-38(39-32)25-13-5-2-6-14-25)41-33-19-9-17-28-30-21-26-15-7-8-16-27(26)22-31(30)29-18-10-20-34(41)37(29)36(28)33/h1-23H. The normalized spacial score (nSPS) is 11.9. The van der Waals surface area contributed by atoms with Gasteiger partial charge in [-0.15, -0.1) is 0 Å². The number of benzene rings is 7. The van der Waals surface area contributed by atoms with E-state index in [-0.39, 0.29) is 0 Å². The first-order valence-corrected chi connectivity index (χ1v) is 13.9. The highest BCUT2D eigenvalue weighted by Gasteiger charge is 2.21. The molecule has 3 heteroatoms. The average Bonchev–Trinajstić information content (AvgIpc) is 3.39. The van der Waals surface area contributed by atoms with Gasteiger partial charge in [0.15, 0.2) is 5.82 Å². The van der Waals surface area contributed by atoms with Gasteiger partial charge in [0.25, 0.3) is 0 Å². The van der Waals surface area contributed by atoms with E-state index < -0.39 is 0 Å². The van der Waals surface area contributed by atoms with Crippen LogP contribution in [0.1, 0.15) is 0 Å². The molecule has 0 atom stereocenters. The van der Waals surface area contributed by atoms with Crippen LogP contribution in [0.2, 0.25) is 0 Å². The van der Waals surface area contributed by atoms with E-state index >= 15 is 0 Å². The average molecular weight is 522 g/mol. The minimum atomic E-state index is 0.716. The summed E-state index contributed by atoms with van der Waals surface area (Å²) in [6.45, 7) is 0. The maximum Gasteiger partial charge on any atom is 0.162 e. The van der Waals surface area contributed by atoms with Gasteiger partial charge in [0, 0.05) is 28.0 Å². The molecule has 9 rings (SSSR count). The lowest BCUT2D eigenvalue weighted by molar-refractivity contribution is 1.05. The highest BCUT2D eigenvalue weighted by Crippen LogP contribution is 2.44. The molecule has 0 aliphatic carbocycles. The minimum absolute atomic E-state index is 0.716. The summed E-state index contributed by atoms with van der Waals surface area (Å²) in [7, 11) is 0.